The van der Waals surface area contributed by atoms with Gasteiger partial charge in [0.2, 0.25) is 0 Å². The van der Waals surface area contributed by atoms with Gasteiger partial charge in [0.05, 0.1) is 11.5 Å². The van der Waals surface area contributed by atoms with Crippen molar-refractivity contribution >= 4 is 27.9 Å². The highest BCUT2D eigenvalue weighted by Crippen LogP contribution is 2.23. The van der Waals surface area contributed by atoms with Crippen molar-refractivity contribution < 1.29 is 19.8 Å². The largest absolute Gasteiger partial charge is 0.481 e. The molecule has 1 aromatic rings. The van der Waals surface area contributed by atoms with Crippen LogP contribution in [-0.2, 0) is 4.79 Å². The molecule has 0 spiro atoms. The quantitative estimate of drug-likeness (QED) is 0.886. The first-order valence-electron chi connectivity index (χ1n) is 4.19. The Labute approximate surface area is 94.7 Å². The molecule has 0 radical (unpaired) electrons. The minimum atomic E-state index is -1.13. The van der Waals surface area contributed by atoms with Crippen LogP contribution in [0, 0.1) is 0 Å². The number of hydrogen-bond acceptors (Lipinski definition) is 2. The summed E-state index contributed by atoms with van der Waals surface area (Å²) in [6, 6.07) is 4.53. The first-order chi connectivity index (χ1) is 6.93. The van der Waals surface area contributed by atoms with Crippen molar-refractivity contribution in [1.82, 2.24) is 0 Å². The van der Waals surface area contributed by atoms with Crippen molar-refractivity contribution in [1.29, 1.82) is 0 Å². The number of carboxylic acids is 2. The lowest BCUT2D eigenvalue weighted by Gasteiger charge is -2.10. The van der Waals surface area contributed by atoms with Gasteiger partial charge in [-0.3, -0.25) is 4.79 Å². The number of aliphatic carboxylic acids is 1. The average molecular weight is 273 g/mol. The van der Waals surface area contributed by atoms with E-state index in [1.54, 1.807) is 6.07 Å². The molecule has 80 valence electrons. The second kappa shape index (κ2) is 4.44. The van der Waals surface area contributed by atoms with Crippen molar-refractivity contribution in [3.05, 3.63) is 33.8 Å². The zero-order chi connectivity index (χ0) is 11.6. The third kappa shape index (κ3) is 2.56. The molecule has 15 heavy (non-hydrogen) atoms. The van der Waals surface area contributed by atoms with E-state index in [0.717, 1.165) is 0 Å². The molecular formula is C10H9BrO4. The summed E-state index contributed by atoms with van der Waals surface area (Å²) >= 11 is 3.14. The molecule has 1 aromatic carbocycles. The Kier molecular flexibility index (Phi) is 3.47. The lowest BCUT2D eigenvalue weighted by atomic mass is 9.96. The Morgan fingerprint density at radius 2 is 1.93 bits per heavy atom. The van der Waals surface area contributed by atoms with E-state index in [9.17, 15) is 9.59 Å². The van der Waals surface area contributed by atoms with E-state index in [4.69, 9.17) is 10.2 Å². The van der Waals surface area contributed by atoms with Gasteiger partial charge in [-0.25, -0.2) is 4.79 Å². The number of carbonyl (C=O) groups is 2. The maximum absolute atomic E-state index is 10.9. The second-order valence-corrected chi connectivity index (χ2v) is 4.01. The highest BCUT2D eigenvalue weighted by molar-refractivity contribution is 9.10. The van der Waals surface area contributed by atoms with Crippen molar-refractivity contribution in [3.63, 3.8) is 0 Å². The minimum absolute atomic E-state index is 0.0132. The molecule has 0 saturated heterocycles. The molecule has 0 heterocycles. The van der Waals surface area contributed by atoms with E-state index in [0.29, 0.717) is 10.0 Å². The summed E-state index contributed by atoms with van der Waals surface area (Å²) in [4.78, 5) is 21.6. The molecular weight excluding hydrogens is 264 g/mol. The van der Waals surface area contributed by atoms with Gasteiger partial charge in [0.15, 0.2) is 0 Å². The Hall–Kier alpha value is -1.36. The van der Waals surface area contributed by atoms with E-state index >= 15 is 0 Å². The average Bonchev–Trinajstić information content (AvgIpc) is 2.16. The van der Waals surface area contributed by atoms with Crippen LogP contribution in [0.3, 0.4) is 0 Å². The molecule has 5 heteroatoms. The van der Waals surface area contributed by atoms with Crippen molar-refractivity contribution in [2.45, 2.75) is 12.8 Å². The zero-order valence-electron chi connectivity index (χ0n) is 7.90. The fourth-order valence-corrected chi connectivity index (χ4v) is 1.59. The van der Waals surface area contributed by atoms with Crippen molar-refractivity contribution in [2.24, 2.45) is 0 Å². The molecule has 1 atom stereocenters. The first-order valence-corrected chi connectivity index (χ1v) is 4.98. The van der Waals surface area contributed by atoms with E-state index in [1.165, 1.54) is 19.1 Å². The van der Waals surface area contributed by atoms with E-state index in [2.05, 4.69) is 15.9 Å². The van der Waals surface area contributed by atoms with Crippen LogP contribution in [0.15, 0.2) is 22.7 Å². The van der Waals surface area contributed by atoms with Gasteiger partial charge in [0.25, 0.3) is 0 Å². The summed E-state index contributed by atoms with van der Waals surface area (Å²) in [6.45, 7) is 1.46. The molecule has 4 nitrogen and oxygen atoms in total. The van der Waals surface area contributed by atoms with Gasteiger partial charge < -0.3 is 10.2 Å². The van der Waals surface area contributed by atoms with Crippen LogP contribution >= 0.6 is 15.9 Å². The number of hydrogen-bond donors (Lipinski definition) is 2. The molecule has 0 fully saturated rings. The van der Waals surface area contributed by atoms with E-state index in [1.807, 2.05) is 0 Å². The molecule has 0 amide bonds. The minimum Gasteiger partial charge on any atom is -0.481 e. The molecule has 0 aliphatic carbocycles. The van der Waals surface area contributed by atoms with Gasteiger partial charge in [0.1, 0.15) is 0 Å². The molecule has 0 saturated carbocycles. The lowest BCUT2D eigenvalue weighted by molar-refractivity contribution is -0.138. The Balaban J connectivity index is 3.28. The van der Waals surface area contributed by atoms with Gasteiger partial charge in [0, 0.05) is 4.47 Å². The maximum atomic E-state index is 10.9. The van der Waals surface area contributed by atoms with Crippen LogP contribution in [0.1, 0.15) is 28.8 Å². The summed E-state index contributed by atoms with van der Waals surface area (Å²) < 4.78 is 0.612. The predicted octanol–water partition coefficient (Wildman–Crippen LogP) is 2.34. The Bertz CT molecular complexity index is 414. The number of halogens is 1. The second-order valence-electron chi connectivity index (χ2n) is 3.10. The van der Waals surface area contributed by atoms with Gasteiger partial charge in [-0.2, -0.15) is 0 Å². The lowest BCUT2D eigenvalue weighted by Crippen LogP contribution is -2.12. The first kappa shape index (κ1) is 11.7. The van der Waals surface area contributed by atoms with E-state index in [-0.39, 0.29) is 5.56 Å². The standard InChI is InChI=1S/C10H9BrO4/c1-5(9(12)13)7-3-2-6(11)4-8(7)10(14)15/h2-5H,1H3,(H,12,13)(H,14,15). The highest BCUT2D eigenvalue weighted by atomic mass is 79.9. The number of benzene rings is 1. The molecule has 0 bridgehead atoms. The number of carboxylic acid groups (broad SMARTS) is 2. The molecule has 1 unspecified atom stereocenters. The number of aromatic carboxylic acids is 1. The van der Waals surface area contributed by atoms with Crippen LogP contribution in [-0.4, -0.2) is 22.2 Å². The Morgan fingerprint density at radius 1 is 1.33 bits per heavy atom. The Morgan fingerprint density at radius 3 is 2.40 bits per heavy atom. The fourth-order valence-electron chi connectivity index (χ4n) is 1.22. The molecule has 2 N–H and O–H groups in total. The third-order valence-electron chi connectivity index (χ3n) is 2.08. The molecule has 0 aliphatic rings. The number of rotatable bonds is 3. The smallest absolute Gasteiger partial charge is 0.336 e. The van der Waals surface area contributed by atoms with Gasteiger partial charge in [-0.05, 0) is 24.6 Å². The third-order valence-corrected chi connectivity index (χ3v) is 2.58. The van der Waals surface area contributed by atoms with Crippen molar-refractivity contribution in [3.8, 4) is 0 Å². The summed E-state index contributed by atoms with van der Waals surface area (Å²) in [5, 5.41) is 17.7. The van der Waals surface area contributed by atoms with Gasteiger partial charge in [-0.1, -0.05) is 22.0 Å². The van der Waals surface area contributed by atoms with Crippen LogP contribution in [0.5, 0.6) is 0 Å². The van der Waals surface area contributed by atoms with Gasteiger partial charge in [-0.15, -0.1) is 0 Å². The van der Waals surface area contributed by atoms with Crippen LogP contribution in [0.25, 0.3) is 0 Å². The highest BCUT2D eigenvalue weighted by Gasteiger charge is 2.20. The SMILES string of the molecule is CC(C(=O)O)c1ccc(Br)cc1C(=O)O. The topological polar surface area (TPSA) is 74.6 Å². The van der Waals surface area contributed by atoms with Crippen molar-refractivity contribution in [2.75, 3.05) is 0 Å². The summed E-state index contributed by atoms with van der Waals surface area (Å²) in [5.74, 6) is -3.00. The summed E-state index contributed by atoms with van der Waals surface area (Å²) in [7, 11) is 0. The normalized spacial score (nSPS) is 12.1. The molecule has 0 aliphatic heterocycles. The maximum Gasteiger partial charge on any atom is 0.336 e. The van der Waals surface area contributed by atoms with Crippen LogP contribution in [0.2, 0.25) is 0 Å². The van der Waals surface area contributed by atoms with Gasteiger partial charge >= 0.3 is 11.9 Å². The molecule has 0 aromatic heterocycles. The van der Waals surface area contributed by atoms with Crippen LogP contribution < -0.4 is 0 Å². The zero-order valence-corrected chi connectivity index (χ0v) is 9.48. The fraction of sp³-hybridized carbons (Fsp3) is 0.200. The summed E-state index contributed by atoms with van der Waals surface area (Å²) in [6.07, 6.45) is 0. The monoisotopic (exact) mass is 272 g/mol. The predicted molar refractivity (Wildman–Crippen MR) is 57.2 cm³/mol. The van der Waals surface area contributed by atoms with Crippen LogP contribution in [0.4, 0.5) is 0 Å². The van der Waals surface area contributed by atoms with E-state index < -0.39 is 17.9 Å². The molecule has 1 rings (SSSR count). The summed E-state index contributed by atoms with van der Waals surface area (Å²) in [5.41, 5.74) is 0.317.